The Morgan fingerprint density at radius 3 is 2.69 bits per heavy atom. The van der Waals surface area contributed by atoms with Crippen molar-refractivity contribution >= 4 is 21.6 Å². The van der Waals surface area contributed by atoms with Crippen LogP contribution in [0.3, 0.4) is 0 Å². The Hall–Kier alpha value is -2.60. The largest absolute Gasteiger partial charge is 0.368 e. The number of primary amides is 1. The minimum absolute atomic E-state index is 0.0363. The minimum Gasteiger partial charge on any atom is -0.368 e. The summed E-state index contributed by atoms with van der Waals surface area (Å²) in [5.41, 5.74) is 5.41. The molecule has 2 atom stereocenters. The second-order valence-corrected chi connectivity index (χ2v) is 8.44. The van der Waals surface area contributed by atoms with Crippen molar-refractivity contribution < 1.29 is 23.0 Å². The van der Waals surface area contributed by atoms with E-state index in [4.69, 9.17) is 10.6 Å². The first kappa shape index (κ1) is 22.7. The van der Waals surface area contributed by atoms with Gasteiger partial charge >= 0.3 is 0 Å². The van der Waals surface area contributed by atoms with Crippen molar-refractivity contribution in [2.75, 3.05) is 13.2 Å². The van der Waals surface area contributed by atoms with E-state index in [-0.39, 0.29) is 19.1 Å². The van der Waals surface area contributed by atoms with Crippen molar-refractivity contribution in [1.82, 2.24) is 9.79 Å². The highest BCUT2D eigenvalue weighted by Gasteiger charge is 2.41. The Morgan fingerprint density at radius 1 is 1.48 bits per heavy atom. The average Bonchev–Trinajstić information content (AvgIpc) is 2.67. The van der Waals surface area contributed by atoms with Crippen LogP contribution in [-0.4, -0.2) is 49.0 Å². The van der Waals surface area contributed by atoms with Gasteiger partial charge in [-0.3, -0.25) is 19.7 Å². The van der Waals surface area contributed by atoms with Crippen LogP contribution in [0.15, 0.2) is 53.5 Å². The van der Waals surface area contributed by atoms with E-state index in [1.807, 2.05) is 13.8 Å². The van der Waals surface area contributed by atoms with Gasteiger partial charge in [0, 0.05) is 12.6 Å². The number of para-hydroxylation sites is 1. The fraction of sp³-hybridized carbons (Fsp3) is 0.389. The lowest BCUT2D eigenvalue weighted by Gasteiger charge is -2.36. The Balaban J connectivity index is 2.59. The molecular weight excluding hydrogens is 400 g/mol. The number of hydroxylamine groups is 1. The molecule has 0 fully saturated rings. The van der Waals surface area contributed by atoms with Crippen LogP contribution >= 0.6 is 0 Å². The predicted molar refractivity (Wildman–Crippen MR) is 106 cm³/mol. The Bertz CT molecular complexity index is 928. The second-order valence-electron chi connectivity index (χ2n) is 6.70. The highest BCUT2D eigenvalue weighted by atomic mass is 32.2. The Kier molecular flexibility index (Phi) is 7.25. The number of nitro groups is 1. The number of rotatable bonds is 9. The molecular formula is C18H24N4O6S. The molecule has 11 heteroatoms. The summed E-state index contributed by atoms with van der Waals surface area (Å²) in [6, 6.07) is 3.45. The summed E-state index contributed by atoms with van der Waals surface area (Å²) >= 11 is 0. The van der Waals surface area contributed by atoms with Crippen LogP contribution < -0.4 is 11.1 Å². The van der Waals surface area contributed by atoms with Crippen molar-refractivity contribution in [3.05, 3.63) is 58.7 Å². The Labute approximate surface area is 169 Å². The highest BCUT2D eigenvalue weighted by molar-refractivity contribution is 7.89. The molecule has 0 saturated carbocycles. The normalized spacial score (nSPS) is 19.8. The van der Waals surface area contributed by atoms with Crippen LogP contribution in [0.1, 0.15) is 13.8 Å². The average molecular weight is 424 g/mol. The van der Waals surface area contributed by atoms with Crippen LogP contribution in [0.5, 0.6) is 0 Å². The van der Waals surface area contributed by atoms with Gasteiger partial charge in [0.2, 0.25) is 5.91 Å². The maximum absolute atomic E-state index is 13.4. The minimum atomic E-state index is -4.43. The SMILES string of the molecule is C=CCON([C@H]1CN[C@H](C(N)=O)C=C1C(C)C)S(=O)(=O)c1ccccc1[N+](=O)[O-]. The predicted octanol–water partition coefficient (Wildman–Crippen LogP) is 1.11. The molecule has 0 aliphatic carbocycles. The van der Waals surface area contributed by atoms with Crippen LogP contribution in [0.2, 0.25) is 0 Å². The summed E-state index contributed by atoms with van der Waals surface area (Å²) in [7, 11) is -4.43. The molecule has 29 heavy (non-hydrogen) atoms. The molecule has 1 heterocycles. The maximum Gasteiger partial charge on any atom is 0.289 e. The number of carbonyl (C=O) groups is 1. The number of nitrogens with two attached hydrogens (primary N) is 1. The number of hydrogen-bond donors (Lipinski definition) is 2. The second kappa shape index (κ2) is 9.27. The van der Waals surface area contributed by atoms with E-state index < -0.39 is 43.5 Å². The van der Waals surface area contributed by atoms with E-state index in [1.165, 1.54) is 18.2 Å². The smallest absolute Gasteiger partial charge is 0.289 e. The fourth-order valence-electron chi connectivity index (χ4n) is 3.05. The molecule has 0 unspecified atom stereocenters. The van der Waals surface area contributed by atoms with Crippen molar-refractivity contribution in [3.8, 4) is 0 Å². The van der Waals surface area contributed by atoms with Gasteiger partial charge in [-0.1, -0.05) is 42.6 Å². The van der Waals surface area contributed by atoms with Crippen molar-refractivity contribution in [2.45, 2.75) is 30.8 Å². The van der Waals surface area contributed by atoms with Crippen molar-refractivity contribution in [2.24, 2.45) is 11.7 Å². The summed E-state index contributed by atoms with van der Waals surface area (Å²) in [4.78, 5) is 27.1. The summed E-state index contributed by atoms with van der Waals surface area (Å²) < 4.78 is 27.5. The van der Waals surface area contributed by atoms with Gasteiger partial charge in [0.05, 0.1) is 17.6 Å². The third-order valence-corrected chi connectivity index (χ3v) is 6.13. The van der Waals surface area contributed by atoms with Gasteiger partial charge < -0.3 is 11.1 Å². The van der Waals surface area contributed by atoms with Gasteiger partial charge in [0.1, 0.15) is 6.04 Å². The first-order chi connectivity index (χ1) is 13.6. The third-order valence-electron chi connectivity index (χ3n) is 4.40. The zero-order valence-electron chi connectivity index (χ0n) is 16.1. The van der Waals surface area contributed by atoms with Gasteiger partial charge in [-0.25, -0.2) is 8.42 Å². The molecule has 1 amide bonds. The molecule has 3 N–H and O–H groups in total. The van der Waals surface area contributed by atoms with E-state index in [1.54, 1.807) is 6.08 Å². The van der Waals surface area contributed by atoms with Crippen LogP contribution in [0, 0.1) is 16.0 Å². The van der Waals surface area contributed by atoms with Gasteiger partial charge in [-0.05, 0) is 17.6 Å². The summed E-state index contributed by atoms with van der Waals surface area (Å²) in [5, 5.41) is 14.2. The van der Waals surface area contributed by atoms with Crippen molar-refractivity contribution in [1.29, 1.82) is 0 Å². The monoisotopic (exact) mass is 424 g/mol. The van der Waals surface area contributed by atoms with E-state index in [0.717, 1.165) is 16.6 Å². The van der Waals surface area contributed by atoms with Crippen LogP contribution in [0.25, 0.3) is 0 Å². The first-order valence-electron chi connectivity index (χ1n) is 8.87. The topological polar surface area (TPSA) is 145 Å². The summed E-state index contributed by atoms with van der Waals surface area (Å²) in [6.07, 6.45) is 2.93. The lowest BCUT2D eigenvalue weighted by Crippen LogP contribution is -2.55. The third kappa shape index (κ3) is 4.88. The van der Waals surface area contributed by atoms with Gasteiger partial charge in [0.25, 0.3) is 15.7 Å². The van der Waals surface area contributed by atoms with Gasteiger partial charge in [-0.15, -0.1) is 6.58 Å². The molecule has 2 rings (SSSR count). The number of nitro benzene ring substituents is 1. The quantitative estimate of drug-likeness (QED) is 0.343. The zero-order valence-corrected chi connectivity index (χ0v) is 17.0. The molecule has 0 spiro atoms. The lowest BCUT2D eigenvalue weighted by atomic mass is 9.91. The molecule has 1 aromatic rings. The van der Waals surface area contributed by atoms with E-state index >= 15 is 0 Å². The zero-order chi connectivity index (χ0) is 21.8. The first-order valence-corrected chi connectivity index (χ1v) is 10.3. The number of carbonyl (C=O) groups excluding carboxylic acids is 1. The van der Waals surface area contributed by atoms with Crippen LogP contribution in [0.4, 0.5) is 5.69 Å². The molecule has 0 aromatic heterocycles. The number of nitrogens with zero attached hydrogens (tertiary/aromatic N) is 2. The molecule has 0 saturated heterocycles. The van der Waals surface area contributed by atoms with E-state index in [9.17, 15) is 23.3 Å². The number of benzene rings is 1. The Morgan fingerprint density at radius 2 is 2.14 bits per heavy atom. The molecule has 1 aliphatic heterocycles. The fourth-order valence-corrected chi connectivity index (χ4v) is 4.63. The number of hydrogen-bond acceptors (Lipinski definition) is 7. The standard InChI is InChI=1S/C18H24N4O6S/c1-4-9-28-22(16-11-20-14(18(19)23)10-13(16)12(2)3)29(26,27)17-8-6-5-7-15(17)21(24)25/h4-8,10,12,14,16,20H,1,9,11H2,2-3H3,(H2,19,23)/t14-,16-/m0/s1. The van der Waals surface area contributed by atoms with Crippen molar-refractivity contribution in [3.63, 3.8) is 0 Å². The number of amides is 1. The summed E-state index contributed by atoms with van der Waals surface area (Å²) in [6.45, 7) is 7.10. The lowest BCUT2D eigenvalue weighted by molar-refractivity contribution is -0.387. The number of sulfonamides is 1. The molecule has 0 radical (unpaired) electrons. The van der Waals surface area contributed by atoms with Crippen LogP contribution in [-0.2, 0) is 19.7 Å². The number of nitrogens with one attached hydrogen (secondary N) is 1. The molecule has 158 valence electrons. The van der Waals surface area contributed by atoms with E-state index in [2.05, 4.69) is 11.9 Å². The maximum atomic E-state index is 13.4. The summed E-state index contributed by atoms with van der Waals surface area (Å²) in [5.74, 6) is -0.735. The molecule has 10 nitrogen and oxygen atoms in total. The highest BCUT2D eigenvalue weighted by Crippen LogP contribution is 2.32. The van der Waals surface area contributed by atoms with Gasteiger partial charge in [-0.2, -0.15) is 0 Å². The molecule has 0 bridgehead atoms. The van der Waals surface area contributed by atoms with E-state index in [0.29, 0.717) is 5.57 Å². The molecule has 1 aromatic carbocycles. The van der Waals surface area contributed by atoms with Gasteiger partial charge in [0.15, 0.2) is 4.90 Å². The molecule has 1 aliphatic rings.